The third-order valence-electron chi connectivity index (χ3n) is 3.45. The molecule has 0 radical (unpaired) electrons. The van der Waals surface area contributed by atoms with Gasteiger partial charge in [0.1, 0.15) is 0 Å². The lowest BCUT2D eigenvalue weighted by atomic mass is 10.0. The van der Waals surface area contributed by atoms with Crippen LogP contribution in [0, 0.1) is 17.8 Å². The summed E-state index contributed by atoms with van der Waals surface area (Å²) in [6.45, 7) is 12.8. The number of carbonyl (C=O) groups is 1. The molecule has 18 heavy (non-hydrogen) atoms. The fourth-order valence-electron chi connectivity index (χ4n) is 2.61. The van der Waals surface area contributed by atoms with E-state index in [-0.39, 0.29) is 0 Å². The predicted octanol–water partition coefficient (Wildman–Crippen LogP) is 2.52. The Hall–Kier alpha value is -0.570. The molecule has 0 aromatic heterocycles. The summed E-state index contributed by atoms with van der Waals surface area (Å²) in [5, 5.41) is 3.36. The molecular formula is C15H30N2O. The Morgan fingerprint density at radius 2 is 1.83 bits per heavy atom. The van der Waals surface area contributed by atoms with Gasteiger partial charge in [0, 0.05) is 19.5 Å². The second-order valence-electron chi connectivity index (χ2n) is 6.48. The molecule has 1 atom stereocenters. The molecule has 3 heteroatoms. The minimum atomic E-state index is 0.351. The molecular weight excluding hydrogens is 224 g/mol. The van der Waals surface area contributed by atoms with E-state index >= 15 is 0 Å². The lowest BCUT2D eigenvalue weighted by Crippen LogP contribution is -2.37. The van der Waals surface area contributed by atoms with Gasteiger partial charge in [-0.15, -0.1) is 0 Å². The van der Waals surface area contributed by atoms with Crippen molar-refractivity contribution in [2.45, 2.75) is 47.0 Å². The van der Waals surface area contributed by atoms with Crippen LogP contribution in [-0.2, 0) is 4.79 Å². The lowest BCUT2D eigenvalue weighted by Gasteiger charge is -2.27. The Morgan fingerprint density at radius 3 is 2.28 bits per heavy atom. The molecule has 1 amide bonds. The van der Waals surface area contributed by atoms with Crippen molar-refractivity contribution in [3.63, 3.8) is 0 Å². The van der Waals surface area contributed by atoms with E-state index in [1.807, 2.05) is 0 Å². The maximum absolute atomic E-state index is 12.3. The van der Waals surface area contributed by atoms with E-state index in [0.717, 1.165) is 39.0 Å². The standard InChI is InChI=1S/C15H30N2O/c1-12(2)10-17(11-13(3)4)15(18)6-5-14-7-8-16-9-14/h12-14,16H,5-11H2,1-4H3. The fraction of sp³-hybridized carbons (Fsp3) is 0.933. The molecule has 3 nitrogen and oxygen atoms in total. The summed E-state index contributed by atoms with van der Waals surface area (Å²) in [4.78, 5) is 14.3. The minimum absolute atomic E-state index is 0.351. The highest BCUT2D eigenvalue weighted by Crippen LogP contribution is 2.16. The third kappa shape index (κ3) is 5.85. The number of hydrogen-bond acceptors (Lipinski definition) is 2. The van der Waals surface area contributed by atoms with Crippen LogP contribution in [0.4, 0.5) is 0 Å². The molecule has 0 aromatic rings. The summed E-state index contributed by atoms with van der Waals surface area (Å²) in [7, 11) is 0. The Bertz CT molecular complexity index is 235. The van der Waals surface area contributed by atoms with Gasteiger partial charge in [-0.25, -0.2) is 0 Å². The molecule has 0 bridgehead atoms. The van der Waals surface area contributed by atoms with Gasteiger partial charge >= 0.3 is 0 Å². The summed E-state index contributed by atoms with van der Waals surface area (Å²) < 4.78 is 0. The molecule has 1 N–H and O–H groups in total. The van der Waals surface area contributed by atoms with E-state index < -0.39 is 0 Å². The Labute approximate surface area is 112 Å². The first-order valence-corrected chi connectivity index (χ1v) is 7.47. The zero-order chi connectivity index (χ0) is 13.5. The summed E-state index contributed by atoms with van der Waals surface area (Å²) in [6.07, 6.45) is 3.02. The fourth-order valence-corrected chi connectivity index (χ4v) is 2.61. The van der Waals surface area contributed by atoms with Gasteiger partial charge < -0.3 is 10.2 Å². The van der Waals surface area contributed by atoms with Crippen LogP contribution in [-0.4, -0.2) is 37.0 Å². The van der Waals surface area contributed by atoms with E-state index in [0.29, 0.717) is 23.7 Å². The van der Waals surface area contributed by atoms with Gasteiger partial charge in [-0.1, -0.05) is 27.7 Å². The van der Waals surface area contributed by atoms with Gasteiger partial charge in [0.05, 0.1) is 0 Å². The maximum Gasteiger partial charge on any atom is 0.222 e. The second-order valence-corrected chi connectivity index (χ2v) is 6.48. The average Bonchev–Trinajstić information content (AvgIpc) is 2.76. The summed E-state index contributed by atoms with van der Waals surface area (Å²) >= 11 is 0. The van der Waals surface area contributed by atoms with Crippen LogP contribution in [0.25, 0.3) is 0 Å². The van der Waals surface area contributed by atoms with Gasteiger partial charge in [-0.2, -0.15) is 0 Å². The van der Waals surface area contributed by atoms with Crippen molar-refractivity contribution in [1.29, 1.82) is 0 Å². The van der Waals surface area contributed by atoms with Crippen LogP contribution in [0.15, 0.2) is 0 Å². The SMILES string of the molecule is CC(C)CN(CC(C)C)C(=O)CCC1CCNC1. The Kier molecular flexibility index (Phi) is 6.69. The third-order valence-corrected chi connectivity index (χ3v) is 3.45. The van der Waals surface area contributed by atoms with Crippen molar-refractivity contribution in [3.8, 4) is 0 Å². The first kappa shape index (κ1) is 15.5. The Balaban J connectivity index is 2.36. The first-order valence-electron chi connectivity index (χ1n) is 7.47. The van der Waals surface area contributed by atoms with Gasteiger partial charge in [0.15, 0.2) is 0 Å². The van der Waals surface area contributed by atoms with Crippen LogP contribution in [0.5, 0.6) is 0 Å². The monoisotopic (exact) mass is 254 g/mol. The maximum atomic E-state index is 12.3. The second kappa shape index (κ2) is 7.78. The Morgan fingerprint density at radius 1 is 1.22 bits per heavy atom. The molecule has 1 aliphatic rings. The van der Waals surface area contributed by atoms with Gasteiger partial charge in [0.25, 0.3) is 0 Å². The van der Waals surface area contributed by atoms with Crippen LogP contribution in [0.3, 0.4) is 0 Å². The summed E-state index contributed by atoms with van der Waals surface area (Å²) in [5.74, 6) is 2.18. The topological polar surface area (TPSA) is 32.3 Å². The van der Waals surface area contributed by atoms with Gasteiger partial charge in [0.2, 0.25) is 5.91 Å². The molecule has 1 aliphatic heterocycles. The van der Waals surface area contributed by atoms with E-state index in [1.165, 1.54) is 6.42 Å². The number of nitrogens with one attached hydrogen (secondary N) is 1. The van der Waals surface area contributed by atoms with Crippen molar-refractivity contribution in [2.24, 2.45) is 17.8 Å². The van der Waals surface area contributed by atoms with Crippen LogP contribution in [0.1, 0.15) is 47.0 Å². The van der Waals surface area contributed by atoms with E-state index in [4.69, 9.17) is 0 Å². The van der Waals surface area contributed by atoms with Crippen LogP contribution in [0.2, 0.25) is 0 Å². The van der Waals surface area contributed by atoms with Crippen molar-refractivity contribution >= 4 is 5.91 Å². The molecule has 106 valence electrons. The van der Waals surface area contributed by atoms with E-state index in [2.05, 4.69) is 37.9 Å². The van der Waals surface area contributed by atoms with Gasteiger partial charge in [-0.3, -0.25) is 4.79 Å². The molecule has 1 unspecified atom stereocenters. The number of rotatable bonds is 7. The highest BCUT2D eigenvalue weighted by Gasteiger charge is 2.19. The van der Waals surface area contributed by atoms with Crippen molar-refractivity contribution < 1.29 is 4.79 Å². The predicted molar refractivity (Wildman–Crippen MR) is 76.5 cm³/mol. The zero-order valence-corrected chi connectivity index (χ0v) is 12.5. The molecule has 1 heterocycles. The molecule has 0 spiro atoms. The molecule has 1 saturated heterocycles. The minimum Gasteiger partial charge on any atom is -0.342 e. The normalized spacial score (nSPS) is 19.8. The molecule has 1 fully saturated rings. The molecule has 0 aliphatic carbocycles. The molecule has 1 rings (SSSR count). The highest BCUT2D eigenvalue weighted by molar-refractivity contribution is 5.76. The average molecular weight is 254 g/mol. The molecule has 0 saturated carbocycles. The quantitative estimate of drug-likeness (QED) is 0.757. The van der Waals surface area contributed by atoms with Gasteiger partial charge in [-0.05, 0) is 43.7 Å². The highest BCUT2D eigenvalue weighted by atomic mass is 16.2. The number of hydrogen-bond donors (Lipinski definition) is 1. The smallest absolute Gasteiger partial charge is 0.222 e. The zero-order valence-electron chi connectivity index (χ0n) is 12.5. The summed E-state index contributed by atoms with van der Waals surface area (Å²) in [5.41, 5.74) is 0. The largest absolute Gasteiger partial charge is 0.342 e. The first-order chi connectivity index (χ1) is 8.49. The van der Waals surface area contributed by atoms with Crippen LogP contribution >= 0.6 is 0 Å². The number of amides is 1. The van der Waals surface area contributed by atoms with Crippen molar-refractivity contribution in [1.82, 2.24) is 10.2 Å². The van der Waals surface area contributed by atoms with Crippen molar-refractivity contribution in [3.05, 3.63) is 0 Å². The lowest BCUT2D eigenvalue weighted by molar-refractivity contribution is -0.132. The van der Waals surface area contributed by atoms with E-state index in [9.17, 15) is 4.79 Å². The van der Waals surface area contributed by atoms with Crippen molar-refractivity contribution in [2.75, 3.05) is 26.2 Å². The number of nitrogens with zero attached hydrogens (tertiary/aromatic N) is 1. The molecule has 0 aromatic carbocycles. The van der Waals surface area contributed by atoms with E-state index in [1.54, 1.807) is 0 Å². The summed E-state index contributed by atoms with van der Waals surface area (Å²) in [6, 6.07) is 0. The number of carbonyl (C=O) groups excluding carboxylic acids is 1. The van der Waals surface area contributed by atoms with Crippen LogP contribution < -0.4 is 5.32 Å².